The molecule has 2 saturated heterocycles. The maximum atomic E-state index is 13.9. The third-order valence-corrected chi connectivity index (χ3v) is 13.4. The Labute approximate surface area is 361 Å². The number of nitrogens with zero attached hydrogens (tertiary/aromatic N) is 4. The van der Waals surface area contributed by atoms with Gasteiger partial charge in [0.25, 0.3) is 21.6 Å². The molecule has 14 nitrogen and oxygen atoms in total. The molecule has 8 rings (SSSR count). The van der Waals surface area contributed by atoms with Crippen LogP contribution in [0, 0.1) is 21.4 Å². The SMILES string of the molecule is [2H]c1cc(S(=O)(=O)NC(=O)c2ccc(N3CCN(CC4=C(c5ccc(Cl)cc5)CC(C)(C)CC4)CC3)cc2Oc2cnc3[nH]ccc3c2)cc([N+](=O)[O-])c1NCC1CCOCC1. The van der Waals surface area contributed by atoms with Crippen LogP contribution in [0.4, 0.5) is 17.1 Å². The fourth-order valence-corrected chi connectivity index (χ4v) is 9.40. The first-order valence-electron chi connectivity index (χ1n) is 21.1. The van der Waals surface area contributed by atoms with Crippen LogP contribution in [0.15, 0.2) is 95.6 Å². The third-order valence-electron chi connectivity index (χ3n) is 11.9. The number of amides is 1. The Kier molecular flexibility index (Phi) is 12.0. The Bertz CT molecular complexity index is 2620. The number of H-pyrrole nitrogens is 1. The molecule has 0 bridgehead atoms. The minimum absolute atomic E-state index is 0.0811. The first-order chi connectivity index (χ1) is 29.7. The Hall–Kier alpha value is -5.48. The molecular formula is C45H50ClN7O7S. The lowest BCUT2D eigenvalue weighted by Crippen LogP contribution is -2.47. The number of aromatic amines is 1. The van der Waals surface area contributed by atoms with Crippen LogP contribution in [-0.2, 0) is 14.8 Å². The summed E-state index contributed by atoms with van der Waals surface area (Å²) in [7, 11) is -4.69. The normalized spacial score (nSPS) is 17.9. The van der Waals surface area contributed by atoms with Crippen LogP contribution in [0.2, 0.25) is 5.02 Å². The second-order valence-corrected chi connectivity index (χ2v) is 18.9. The number of ether oxygens (including phenoxy) is 2. The van der Waals surface area contributed by atoms with Gasteiger partial charge in [0.1, 0.15) is 22.8 Å². The van der Waals surface area contributed by atoms with E-state index in [2.05, 4.69) is 55.8 Å². The van der Waals surface area contributed by atoms with E-state index in [9.17, 15) is 23.3 Å². The minimum atomic E-state index is -4.69. The van der Waals surface area contributed by atoms with Gasteiger partial charge in [-0.1, -0.05) is 43.2 Å². The monoisotopic (exact) mass is 868 g/mol. The molecule has 320 valence electrons. The summed E-state index contributed by atoms with van der Waals surface area (Å²) in [6, 6.07) is 18.2. The fourth-order valence-electron chi connectivity index (χ4n) is 8.32. The summed E-state index contributed by atoms with van der Waals surface area (Å²) in [5.41, 5.74) is 4.97. The number of nitro groups is 1. The number of halogens is 1. The largest absolute Gasteiger partial charge is 0.455 e. The predicted molar refractivity (Wildman–Crippen MR) is 237 cm³/mol. The standard InChI is InChI=1S/C45H50ClN7O7S/c1-45(2)15-11-33(39(26-45)31-3-5-34(46)6-4-31)29-51-17-19-52(20-18-51)35-7-9-38(42(24-35)60-36-23-32-12-16-47-43(32)49-28-36)44(54)50-61(57,58)37-8-10-40(41(25-37)53(55)56)48-27-30-13-21-59-22-14-30/h3-10,12,16,23-25,28,30,48H,11,13-15,17-22,26-27,29H2,1-2H3,(H,47,49)(H,50,54)/i10D. The van der Waals surface area contributed by atoms with Gasteiger partial charge in [-0.05, 0) is 103 Å². The number of piperazine rings is 1. The van der Waals surface area contributed by atoms with Gasteiger partial charge in [-0.25, -0.2) is 18.1 Å². The molecule has 0 radical (unpaired) electrons. The Morgan fingerprint density at radius 3 is 2.61 bits per heavy atom. The number of carbonyl (C=O) groups is 1. The number of rotatable bonds is 13. The van der Waals surface area contributed by atoms with Crippen LogP contribution in [0.5, 0.6) is 11.5 Å². The summed E-state index contributed by atoms with van der Waals surface area (Å²) in [5, 5.41) is 16.6. The molecule has 3 aliphatic rings. The number of sulfonamides is 1. The number of allylic oxidation sites excluding steroid dienone is 1. The molecule has 2 fully saturated rings. The van der Waals surface area contributed by atoms with Crippen molar-refractivity contribution in [1.82, 2.24) is 19.6 Å². The first-order valence-corrected chi connectivity index (χ1v) is 22.4. The van der Waals surface area contributed by atoms with Gasteiger partial charge < -0.3 is 24.7 Å². The third kappa shape index (κ3) is 10.0. The summed E-state index contributed by atoms with van der Waals surface area (Å²) in [6.45, 7) is 10.1. The number of nitro benzene ring substituents is 1. The van der Waals surface area contributed by atoms with E-state index in [0.717, 1.165) is 80.0 Å². The number of fused-ring (bicyclic) bond motifs is 1. The topological polar surface area (TPSA) is 172 Å². The highest BCUT2D eigenvalue weighted by Crippen LogP contribution is 2.43. The number of hydrogen-bond donors (Lipinski definition) is 3. The molecule has 0 unspecified atom stereocenters. The molecule has 0 saturated carbocycles. The van der Waals surface area contributed by atoms with Crippen molar-refractivity contribution >= 4 is 61.2 Å². The van der Waals surface area contributed by atoms with Crippen molar-refractivity contribution in [2.45, 2.75) is 50.8 Å². The molecule has 0 atom stereocenters. The second-order valence-electron chi connectivity index (χ2n) is 16.8. The van der Waals surface area contributed by atoms with Crippen LogP contribution in [0.25, 0.3) is 16.6 Å². The molecule has 61 heavy (non-hydrogen) atoms. The van der Waals surface area contributed by atoms with E-state index >= 15 is 0 Å². The first kappa shape index (κ1) is 40.9. The van der Waals surface area contributed by atoms with Crippen LogP contribution < -0.4 is 19.7 Å². The number of pyridine rings is 1. The summed E-state index contributed by atoms with van der Waals surface area (Å²) in [5.74, 6) is -0.402. The van der Waals surface area contributed by atoms with Gasteiger partial charge in [-0.2, -0.15) is 0 Å². The van der Waals surface area contributed by atoms with E-state index < -0.39 is 31.4 Å². The number of nitrogens with one attached hydrogen (secondary N) is 3. The van der Waals surface area contributed by atoms with Crippen molar-refractivity contribution in [2.24, 2.45) is 11.3 Å². The van der Waals surface area contributed by atoms with Crippen molar-refractivity contribution in [1.29, 1.82) is 0 Å². The van der Waals surface area contributed by atoms with Crippen molar-refractivity contribution in [3.63, 3.8) is 0 Å². The maximum absolute atomic E-state index is 13.9. The second kappa shape index (κ2) is 17.9. The lowest BCUT2D eigenvalue weighted by Gasteiger charge is -2.39. The van der Waals surface area contributed by atoms with Crippen LogP contribution in [0.1, 0.15) is 63.2 Å². The molecule has 5 aromatic rings. The van der Waals surface area contributed by atoms with Gasteiger partial charge >= 0.3 is 0 Å². The van der Waals surface area contributed by atoms with E-state index in [0.29, 0.717) is 44.2 Å². The van der Waals surface area contributed by atoms with Crippen LogP contribution in [0.3, 0.4) is 0 Å². The highest BCUT2D eigenvalue weighted by molar-refractivity contribution is 7.90. The average molecular weight is 869 g/mol. The van der Waals surface area contributed by atoms with Crippen molar-refractivity contribution in [3.8, 4) is 11.5 Å². The smallest absolute Gasteiger partial charge is 0.293 e. The number of aromatic nitrogens is 2. The number of anilines is 2. The molecule has 1 amide bonds. The molecule has 4 heterocycles. The van der Waals surface area contributed by atoms with Crippen molar-refractivity contribution in [3.05, 3.63) is 117 Å². The van der Waals surface area contributed by atoms with Gasteiger partial charge in [-0.15, -0.1) is 0 Å². The highest BCUT2D eigenvalue weighted by Gasteiger charge is 2.31. The Morgan fingerprint density at radius 1 is 1.08 bits per heavy atom. The molecule has 2 aliphatic heterocycles. The lowest BCUT2D eigenvalue weighted by atomic mass is 9.72. The quantitative estimate of drug-likeness (QED) is 0.0764. The zero-order valence-electron chi connectivity index (χ0n) is 35.2. The number of hydrogen-bond acceptors (Lipinski definition) is 11. The number of carbonyl (C=O) groups excluding carboxylic acids is 1. The van der Waals surface area contributed by atoms with E-state index in [1.54, 1.807) is 24.4 Å². The van der Waals surface area contributed by atoms with Crippen LogP contribution >= 0.6 is 11.6 Å². The summed E-state index contributed by atoms with van der Waals surface area (Å²) in [6.07, 6.45) is 7.95. The summed E-state index contributed by atoms with van der Waals surface area (Å²) < 4.78 is 49.8. The zero-order valence-corrected chi connectivity index (χ0v) is 35.8. The van der Waals surface area contributed by atoms with Gasteiger partial charge in [0.15, 0.2) is 0 Å². The molecule has 0 spiro atoms. The van der Waals surface area contributed by atoms with E-state index in [1.165, 1.54) is 29.0 Å². The minimum Gasteiger partial charge on any atom is -0.455 e. The molecule has 16 heteroatoms. The zero-order chi connectivity index (χ0) is 43.6. The molecule has 3 N–H and O–H groups in total. The number of benzene rings is 3. The molecule has 3 aromatic carbocycles. The summed E-state index contributed by atoms with van der Waals surface area (Å²) in [4.78, 5) is 36.9. The molecular weight excluding hydrogens is 818 g/mol. The maximum Gasteiger partial charge on any atom is 0.293 e. The molecule has 1 aliphatic carbocycles. The van der Waals surface area contributed by atoms with E-state index in [-0.39, 0.29) is 34.4 Å². The van der Waals surface area contributed by atoms with E-state index in [4.69, 9.17) is 22.4 Å². The van der Waals surface area contributed by atoms with Gasteiger partial charge in [-0.3, -0.25) is 19.8 Å². The van der Waals surface area contributed by atoms with Gasteiger partial charge in [0, 0.05) is 86.9 Å². The van der Waals surface area contributed by atoms with Crippen molar-refractivity contribution < 1.29 is 29.0 Å². The van der Waals surface area contributed by atoms with Gasteiger partial charge in [0.05, 0.1) is 22.9 Å². The highest BCUT2D eigenvalue weighted by atomic mass is 35.5. The van der Waals surface area contributed by atoms with Crippen molar-refractivity contribution in [2.75, 3.05) is 62.7 Å². The van der Waals surface area contributed by atoms with Gasteiger partial charge in [0.2, 0.25) is 0 Å². The average Bonchev–Trinajstić information content (AvgIpc) is 3.72. The van der Waals surface area contributed by atoms with E-state index in [1.807, 2.05) is 18.2 Å². The summed E-state index contributed by atoms with van der Waals surface area (Å²) >= 11 is 6.24. The fraction of sp³-hybridized carbons (Fsp3) is 0.378. The Morgan fingerprint density at radius 2 is 1.85 bits per heavy atom. The Balaban J connectivity index is 1.02. The molecule has 2 aromatic heterocycles. The predicted octanol–water partition coefficient (Wildman–Crippen LogP) is 8.66. The lowest BCUT2D eigenvalue weighted by molar-refractivity contribution is -0.384. The van der Waals surface area contributed by atoms with Crippen LogP contribution in [-0.4, -0.2) is 86.6 Å².